The average molecular weight is 240 g/mol. The number of hydrogen-bond donors (Lipinski definition) is 1. The van der Waals surface area contributed by atoms with Crippen LogP contribution in [0, 0.1) is 5.41 Å². The predicted molar refractivity (Wildman–Crippen MR) is 66.7 cm³/mol. The van der Waals surface area contributed by atoms with E-state index >= 15 is 0 Å². The molecule has 1 saturated heterocycles. The van der Waals surface area contributed by atoms with Gasteiger partial charge in [0.25, 0.3) is 0 Å². The first-order valence-corrected chi connectivity index (χ1v) is 6.42. The van der Waals surface area contributed by atoms with Gasteiger partial charge in [0.2, 0.25) is 0 Å². The first-order valence-electron chi connectivity index (χ1n) is 6.42. The van der Waals surface area contributed by atoms with E-state index in [1.165, 1.54) is 0 Å². The van der Waals surface area contributed by atoms with Gasteiger partial charge in [-0.2, -0.15) is 0 Å². The summed E-state index contributed by atoms with van der Waals surface area (Å²) in [7, 11) is 0. The summed E-state index contributed by atoms with van der Waals surface area (Å²) in [6, 6.07) is 0. The average Bonchev–Trinajstić information content (AvgIpc) is 2.60. The number of amides is 1. The lowest BCUT2D eigenvalue weighted by atomic mass is 9.55. The second kappa shape index (κ2) is 3.61. The molecule has 0 aromatic carbocycles. The lowest BCUT2D eigenvalue weighted by Crippen LogP contribution is -2.62. The van der Waals surface area contributed by atoms with Crippen molar-refractivity contribution in [1.29, 1.82) is 0 Å². The lowest BCUT2D eigenvalue weighted by molar-refractivity contribution is 0.00446. The van der Waals surface area contributed by atoms with Crippen molar-refractivity contribution in [2.75, 3.05) is 13.1 Å². The Labute approximate surface area is 103 Å². The number of nitrogens with zero attached hydrogens (tertiary/aromatic N) is 1. The largest absolute Gasteiger partial charge is 0.444 e. The van der Waals surface area contributed by atoms with Crippen molar-refractivity contribution >= 4 is 6.09 Å². The monoisotopic (exact) mass is 240 g/mol. The number of carbonyl (C=O) groups excluding carboxylic acids is 1. The van der Waals surface area contributed by atoms with Gasteiger partial charge < -0.3 is 15.4 Å². The van der Waals surface area contributed by atoms with Crippen molar-refractivity contribution in [2.45, 2.75) is 58.1 Å². The van der Waals surface area contributed by atoms with E-state index in [0.29, 0.717) is 0 Å². The zero-order valence-corrected chi connectivity index (χ0v) is 11.4. The molecule has 1 aliphatic heterocycles. The third-order valence-corrected chi connectivity index (χ3v) is 4.34. The van der Waals surface area contributed by atoms with Gasteiger partial charge >= 0.3 is 6.09 Å². The highest BCUT2D eigenvalue weighted by atomic mass is 16.6. The number of hydrogen-bond acceptors (Lipinski definition) is 3. The molecular weight excluding hydrogens is 216 g/mol. The van der Waals surface area contributed by atoms with Crippen LogP contribution in [0.15, 0.2) is 0 Å². The topological polar surface area (TPSA) is 55.6 Å². The quantitative estimate of drug-likeness (QED) is 0.705. The van der Waals surface area contributed by atoms with Crippen LogP contribution < -0.4 is 5.73 Å². The summed E-state index contributed by atoms with van der Waals surface area (Å²) in [6.45, 7) is 9.33. The molecule has 1 saturated carbocycles. The van der Waals surface area contributed by atoms with Crippen molar-refractivity contribution in [3.05, 3.63) is 0 Å². The van der Waals surface area contributed by atoms with Crippen LogP contribution in [0.2, 0.25) is 0 Å². The molecule has 2 atom stereocenters. The highest BCUT2D eigenvalue weighted by Crippen LogP contribution is 2.54. The van der Waals surface area contributed by atoms with E-state index < -0.39 is 5.60 Å². The molecule has 1 spiro atoms. The van der Waals surface area contributed by atoms with Crippen LogP contribution in [0.3, 0.4) is 0 Å². The van der Waals surface area contributed by atoms with Gasteiger partial charge in [-0.25, -0.2) is 4.79 Å². The standard InChI is InChI=1S/C13H24N2O2/c1-11(2,3)17-10(16)15-8-7-13(9-15)6-5-12(13,4)14/h5-9,14H2,1-4H3/t12?,13-/m0/s1. The fourth-order valence-electron chi connectivity index (χ4n) is 2.90. The van der Waals surface area contributed by atoms with E-state index in [0.717, 1.165) is 32.4 Å². The van der Waals surface area contributed by atoms with E-state index in [1.54, 1.807) is 0 Å². The van der Waals surface area contributed by atoms with Crippen LogP contribution in [0.4, 0.5) is 4.79 Å². The molecule has 1 unspecified atom stereocenters. The molecule has 2 rings (SSSR count). The normalized spacial score (nSPS) is 37.1. The van der Waals surface area contributed by atoms with Gasteiger partial charge in [0, 0.05) is 24.0 Å². The van der Waals surface area contributed by atoms with E-state index in [1.807, 2.05) is 25.7 Å². The maximum Gasteiger partial charge on any atom is 0.410 e. The highest BCUT2D eigenvalue weighted by Gasteiger charge is 2.57. The molecule has 2 aliphatic rings. The van der Waals surface area contributed by atoms with Crippen LogP contribution in [0.25, 0.3) is 0 Å². The van der Waals surface area contributed by atoms with Crippen LogP contribution in [-0.4, -0.2) is 35.2 Å². The summed E-state index contributed by atoms with van der Waals surface area (Å²) in [4.78, 5) is 13.8. The molecule has 98 valence electrons. The SMILES string of the molecule is CC(C)(C)OC(=O)N1CC[C@@]2(CCC2(C)N)C1. The third kappa shape index (κ3) is 2.15. The Morgan fingerprint density at radius 1 is 1.29 bits per heavy atom. The van der Waals surface area contributed by atoms with Crippen molar-refractivity contribution in [2.24, 2.45) is 11.1 Å². The molecule has 0 aromatic rings. The van der Waals surface area contributed by atoms with Gasteiger partial charge in [0.1, 0.15) is 5.60 Å². The molecule has 1 amide bonds. The lowest BCUT2D eigenvalue weighted by Gasteiger charge is -2.53. The Balaban J connectivity index is 1.97. The van der Waals surface area contributed by atoms with Crippen LogP contribution >= 0.6 is 0 Å². The zero-order valence-electron chi connectivity index (χ0n) is 11.4. The summed E-state index contributed by atoms with van der Waals surface area (Å²) < 4.78 is 5.40. The van der Waals surface area contributed by atoms with E-state index in [9.17, 15) is 4.79 Å². The molecule has 17 heavy (non-hydrogen) atoms. The molecule has 0 bridgehead atoms. The highest BCUT2D eigenvalue weighted by molar-refractivity contribution is 5.68. The second-order valence-electron chi connectivity index (χ2n) is 6.85. The Bertz CT molecular complexity index is 333. The van der Waals surface area contributed by atoms with Crippen LogP contribution in [0.5, 0.6) is 0 Å². The molecule has 4 nitrogen and oxygen atoms in total. The molecule has 4 heteroatoms. The maximum atomic E-state index is 12.0. The number of rotatable bonds is 0. The minimum atomic E-state index is -0.418. The Morgan fingerprint density at radius 2 is 1.94 bits per heavy atom. The van der Waals surface area contributed by atoms with Crippen molar-refractivity contribution < 1.29 is 9.53 Å². The maximum absolute atomic E-state index is 12.0. The smallest absolute Gasteiger partial charge is 0.410 e. The molecule has 1 heterocycles. The third-order valence-electron chi connectivity index (χ3n) is 4.34. The first-order chi connectivity index (χ1) is 7.65. The number of likely N-dealkylation sites (tertiary alicyclic amines) is 1. The van der Waals surface area contributed by atoms with Crippen molar-refractivity contribution in [1.82, 2.24) is 4.90 Å². The fraction of sp³-hybridized carbons (Fsp3) is 0.923. The molecule has 2 fully saturated rings. The van der Waals surface area contributed by atoms with Gasteiger partial charge in [-0.05, 0) is 47.0 Å². The summed E-state index contributed by atoms with van der Waals surface area (Å²) in [6.07, 6.45) is 3.02. The summed E-state index contributed by atoms with van der Waals surface area (Å²) in [5.74, 6) is 0. The minimum Gasteiger partial charge on any atom is -0.444 e. The minimum absolute atomic E-state index is 0.107. The molecular formula is C13H24N2O2. The number of ether oxygens (including phenoxy) is 1. The fourth-order valence-corrected chi connectivity index (χ4v) is 2.90. The van der Waals surface area contributed by atoms with E-state index in [-0.39, 0.29) is 17.0 Å². The molecule has 2 N–H and O–H groups in total. The summed E-state index contributed by atoms with van der Waals surface area (Å²) >= 11 is 0. The molecule has 0 aromatic heterocycles. The van der Waals surface area contributed by atoms with Crippen LogP contribution in [0.1, 0.15) is 47.0 Å². The van der Waals surface area contributed by atoms with E-state index in [2.05, 4.69) is 6.92 Å². The number of nitrogens with two attached hydrogens (primary N) is 1. The van der Waals surface area contributed by atoms with E-state index in [4.69, 9.17) is 10.5 Å². The summed E-state index contributed by atoms with van der Waals surface area (Å²) in [5.41, 5.74) is 5.89. The van der Waals surface area contributed by atoms with Gasteiger partial charge in [-0.15, -0.1) is 0 Å². The zero-order chi connectivity index (χ0) is 12.9. The van der Waals surface area contributed by atoms with Gasteiger partial charge in [-0.3, -0.25) is 0 Å². The Hall–Kier alpha value is -0.770. The van der Waals surface area contributed by atoms with Crippen LogP contribution in [-0.2, 0) is 4.74 Å². The molecule has 1 aliphatic carbocycles. The Kier molecular flexibility index (Phi) is 2.69. The van der Waals surface area contributed by atoms with Gasteiger partial charge in [0.15, 0.2) is 0 Å². The molecule has 0 radical (unpaired) electrons. The second-order valence-corrected chi connectivity index (χ2v) is 6.85. The summed E-state index contributed by atoms with van der Waals surface area (Å²) in [5, 5.41) is 0. The van der Waals surface area contributed by atoms with Gasteiger partial charge in [-0.1, -0.05) is 0 Å². The van der Waals surface area contributed by atoms with Crippen molar-refractivity contribution in [3.63, 3.8) is 0 Å². The van der Waals surface area contributed by atoms with Crippen molar-refractivity contribution in [3.8, 4) is 0 Å². The first kappa shape index (κ1) is 12.7. The van der Waals surface area contributed by atoms with Gasteiger partial charge in [0.05, 0.1) is 0 Å². The predicted octanol–water partition coefficient (Wildman–Crippen LogP) is 2.12. The number of carbonyl (C=O) groups is 1. The Morgan fingerprint density at radius 3 is 2.29 bits per heavy atom.